The van der Waals surface area contributed by atoms with Crippen molar-refractivity contribution >= 4 is 11.8 Å². The minimum atomic E-state index is -0.507. The highest BCUT2D eigenvalue weighted by Gasteiger charge is 2.39. The van der Waals surface area contributed by atoms with Gasteiger partial charge in [0.1, 0.15) is 5.75 Å². The minimum absolute atomic E-state index is 0.0391. The smallest absolute Gasteiger partial charge is 0.261 e. The van der Waals surface area contributed by atoms with Gasteiger partial charge < -0.3 is 15.0 Å². The third-order valence-electron chi connectivity index (χ3n) is 7.15. The van der Waals surface area contributed by atoms with Crippen molar-refractivity contribution in [2.45, 2.75) is 64.5 Å². The first-order valence-corrected chi connectivity index (χ1v) is 12.5. The molecule has 5 nitrogen and oxygen atoms in total. The van der Waals surface area contributed by atoms with Crippen LogP contribution < -0.4 is 10.1 Å². The molecular weight excluding hydrogens is 412 g/mol. The number of rotatable bonds is 8. The second kappa shape index (κ2) is 9.20. The molecule has 3 aliphatic rings. The van der Waals surface area contributed by atoms with Crippen molar-refractivity contribution in [3.05, 3.63) is 64.7 Å². The summed E-state index contributed by atoms with van der Waals surface area (Å²) in [6.45, 7) is 5.54. The number of carbonyl (C=O) groups excluding carboxylic acids is 2. The van der Waals surface area contributed by atoms with Crippen LogP contribution in [0, 0.1) is 18.8 Å². The van der Waals surface area contributed by atoms with Crippen molar-refractivity contribution in [2.24, 2.45) is 11.8 Å². The van der Waals surface area contributed by atoms with Crippen molar-refractivity contribution in [3.63, 3.8) is 0 Å². The molecule has 2 amide bonds. The molecule has 2 aromatic rings. The lowest BCUT2D eigenvalue weighted by atomic mass is 9.87. The van der Waals surface area contributed by atoms with Gasteiger partial charge in [-0.3, -0.25) is 9.59 Å². The molecule has 1 aliphatic heterocycles. The molecule has 2 fully saturated rings. The number of amides is 2. The zero-order valence-electron chi connectivity index (χ0n) is 19.7. The highest BCUT2D eigenvalue weighted by atomic mass is 16.5. The van der Waals surface area contributed by atoms with Crippen LogP contribution in [-0.4, -0.2) is 35.9 Å². The Labute approximate surface area is 196 Å². The number of fused-ring (bicyclic) bond motifs is 1. The molecule has 1 heterocycles. The number of ether oxygens (including phenoxy) is 1. The Morgan fingerprint density at radius 2 is 1.85 bits per heavy atom. The molecule has 0 saturated heterocycles. The molecule has 0 bridgehead atoms. The zero-order valence-corrected chi connectivity index (χ0v) is 19.7. The summed E-state index contributed by atoms with van der Waals surface area (Å²) in [5.74, 6) is 1.74. The maximum absolute atomic E-state index is 13.2. The van der Waals surface area contributed by atoms with Crippen LogP contribution in [-0.2, 0) is 16.0 Å². The first kappa shape index (κ1) is 22.0. The van der Waals surface area contributed by atoms with Gasteiger partial charge in [0, 0.05) is 19.0 Å². The molecule has 5 heteroatoms. The van der Waals surface area contributed by atoms with E-state index in [1.165, 1.54) is 24.0 Å². The molecule has 0 radical (unpaired) electrons. The molecule has 2 saturated carbocycles. The Kier molecular flexibility index (Phi) is 6.13. The number of hydrogen-bond donors (Lipinski definition) is 1. The Bertz CT molecular complexity index is 1020. The fourth-order valence-electron chi connectivity index (χ4n) is 4.74. The van der Waals surface area contributed by atoms with E-state index in [0.29, 0.717) is 18.1 Å². The third kappa shape index (κ3) is 4.92. The summed E-state index contributed by atoms with van der Waals surface area (Å²) < 4.78 is 6.19. The number of benzene rings is 2. The summed E-state index contributed by atoms with van der Waals surface area (Å²) in [5.41, 5.74) is 4.70. The molecule has 0 spiro atoms. The van der Waals surface area contributed by atoms with E-state index in [1.54, 1.807) is 0 Å². The third-order valence-corrected chi connectivity index (χ3v) is 7.15. The Hall–Kier alpha value is -2.82. The van der Waals surface area contributed by atoms with Crippen LogP contribution in [0.15, 0.2) is 42.5 Å². The van der Waals surface area contributed by atoms with Crippen LogP contribution in [0.5, 0.6) is 5.75 Å². The van der Waals surface area contributed by atoms with Crippen molar-refractivity contribution < 1.29 is 14.3 Å². The van der Waals surface area contributed by atoms with E-state index < -0.39 is 6.10 Å². The zero-order chi connectivity index (χ0) is 22.9. The van der Waals surface area contributed by atoms with Gasteiger partial charge in [-0.1, -0.05) is 42.8 Å². The van der Waals surface area contributed by atoms with Crippen LogP contribution in [0.2, 0.25) is 0 Å². The lowest BCUT2D eigenvalue weighted by Crippen LogP contribution is -2.41. The van der Waals surface area contributed by atoms with Gasteiger partial charge in [-0.15, -0.1) is 0 Å². The number of hydrogen-bond acceptors (Lipinski definition) is 3. The summed E-state index contributed by atoms with van der Waals surface area (Å²) in [5, 5.41) is 3.04. The van der Waals surface area contributed by atoms with E-state index in [-0.39, 0.29) is 23.8 Å². The average Bonchev–Trinajstić information content (AvgIpc) is 3.74. The molecule has 0 aromatic heterocycles. The number of nitrogens with zero attached hydrogens (tertiary/aromatic N) is 1. The molecule has 0 unspecified atom stereocenters. The number of aryl methyl sites for hydroxylation is 1. The van der Waals surface area contributed by atoms with Gasteiger partial charge >= 0.3 is 0 Å². The fraction of sp³-hybridized carbons (Fsp3) is 0.500. The largest absolute Gasteiger partial charge is 0.481 e. The second-order valence-corrected chi connectivity index (χ2v) is 9.93. The normalized spacial score (nSPS) is 20.7. The van der Waals surface area contributed by atoms with Gasteiger partial charge in [-0.05, 0) is 80.2 Å². The van der Waals surface area contributed by atoms with Gasteiger partial charge in [-0.25, -0.2) is 0 Å². The molecule has 2 aliphatic carbocycles. The first-order valence-electron chi connectivity index (χ1n) is 12.5. The molecular formula is C28H34N2O3. The Morgan fingerprint density at radius 3 is 2.52 bits per heavy atom. The van der Waals surface area contributed by atoms with Gasteiger partial charge in [0.25, 0.3) is 5.91 Å². The summed E-state index contributed by atoms with van der Waals surface area (Å²) in [4.78, 5) is 27.9. The van der Waals surface area contributed by atoms with E-state index in [4.69, 9.17) is 4.74 Å². The molecule has 174 valence electrons. The van der Waals surface area contributed by atoms with Gasteiger partial charge in [0.2, 0.25) is 5.91 Å². The van der Waals surface area contributed by atoms with Crippen molar-refractivity contribution in [1.29, 1.82) is 0 Å². The van der Waals surface area contributed by atoms with Gasteiger partial charge in [-0.2, -0.15) is 0 Å². The highest BCUT2D eigenvalue weighted by Crippen LogP contribution is 2.41. The van der Waals surface area contributed by atoms with Crippen LogP contribution in [0.3, 0.4) is 0 Å². The highest BCUT2D eigenvalue weighted by molar-refractivity contribution is 5.82. The van der Waals surface area contributed by atoms with Gasteiger partial charge in [0.15, 0.2) is 6.10 Å². The molecule has 33 heavy (non-hydrogen) atoms. The van der Waals surface area contributed by atoms with Crippen LogP contribution >= 0.6 is 0 Å². The second-order valence-electron chi connectivity index (χ2n) is 9.93. The summed E-state index contributed by atoms with van der Waals surface area (Å²) in [7, 11) is 0. The van der Waals surface area contributed by atoms with Crippen molar-refractivity contribution in [3.8, 4) is 5.75 Å². The number of carbonyl (C=O) groups is 2. The summed E-state index contributed by atoms with van der Waals surface area (Å²) in [6, 6.07) is 14.5. The van der Waals surface area contributed by atoms with Crippen molar-refractivity contribution in [2.75, 3.05) is 13.1 Å². The molecule has 2 atom stereocenters. The minimum Gasteiger partial charge on any atom is -0.481 e. The van der Waals surface area contributed by atoms with E-state index in [9.17, 15) is 9.59 Å². The quantitative estimate of drug-likeness (QED) is 0.647. The summed E-state index contributed by atoms with van der Waals surface area (Å²) >= 11 is 0. The molecule has 5 rings (SSSR count). The predicted molar refractivity (Wildman–Crippen MR) is 128 cm³/mol. The van der Waals surface area contributed by atoms with Crippen molar-refractivity contribution in [1.82, 2.24) is 10.2 Å². The standard InChI is InChI=1S/C28H34N2O3/c1-3-25(27(31)29-17-19-6-7-19)33-23-13-12-20-14-15-30(28(32)22-10-11-22)26(24(20)16-23)21-8-4-18(2)5-9-21/h4-5,8-9,12-13,16,19,22,25-26H,3,6-7,10-11,14-15,17H2,1-2H3,(H,29,31)/t25-,26-/m0/s1. The van der Waals surface area contributed by atoms with Crippen LogP contribution in [0.25, 0.3) is 0 Å². The lowest BCUT2D eigenvalue weighted by molar-refractivity contribution is -0.134. The van der Waals surface area contributed by atoms with E-state index in [1.807, 2.05) is 13.0 Å². The topological polar surface area (TPSA) is 58.6 Å². The first-order chi connectivity index (χ1) is 16.0. The Morgan fingerprint density at radius 1 is 1.09 bits per heavy atom. The number of nitrogens with one attached hydrogen (secondary N) is 1. The van der Waals surface area contributed by atoms with Crippen LogP contribution in [0.1, 0.15) is 67.3 Å². The fourth-order valence-corrected chi connectivity index (χ4v) is 4.74. The van der Waals surface area contributed by atoms with E-state index >= 15 is 0 Å². The van der Waals surface area contributed by atoms with Gasteiger partial charge in [0.05, 0.1) is 6.04 Å². The van der Waals surface area contributed by atoms with Crippen LogP contribution in [0.4, 0.5) is 0 Å². The Balaban J connectivity index is 1.42. The molecule has 2 aromatic carbocycles. The predicted octanol–water partition coefficient (Wildman–Crippen LogP) is 4.56. The van der Waals surface area contributed by atoms with E-state index in [0.717, 1.165) is 43.5 Å². The maximum atomic E-state index is 13.2. The average molecular weight is 447 g/mol. The monoisotopic (exact) mass is 446 g/mol. The molecule has 1 N–H and O–H groups in total. The maximum Gasteiger partial charge on any atom is 0.261 e. The SMILES string of the molecule is CC[C@H](Oc1ccc2c(c1)[C@H](c1ccc(C)cc1)N(C(=O)C1CC1)CC2)C(=O)NCC1CC1. The van der Waals surface area contributed by atoms with E-state index in [2.05, 4.69) is 53.5 Å². The summed E-state index contributed by atoms with van der Waals surface area (Å²) in [6.07, 6.45) is 5.36. The lowest BCUT2D eigenvalue weighted by Gasteiger charge is -2.38.